The van der Waals surface area contributed by atoms with Crippen LogP contribution in [-0.2, 0) is 4.74 Å². The zero-order chi connectivity index (χ0) is 8.81. The molecule has 0 aromatic carbocycles. The first-order chi connectivity index (χ1) is 5.84. The van der Waals surface area contributed by atoms with E-state index in [1.807, 2.05) is 0 Å². The lowest BCUT2D eigenvalue weighted by atomic mass is 10.1. The Morgan fingerprint density at radius 3 is 2.75 bits per heavy atom. The van der Waals surface area contributed by atoms with Crippen molar-refractivity contribution in [3.8, 4) is 0 Å². The van der Waals surface area contributed by atoms with Gasteiger partial charge in [0.25, 0.3) is 0 Å². The van der Waals surface area contributed by atoms with Gasteiger partial charge in [-0.15, -0.1) is 0 Å². The number of hydrogen-bond donors (Lipinski definition) is 0. The molecule has 1 rings (SSSR count). The van der Waals surface area contributed by atoms with E-state index in [1.54, 1.807) is 0 Å². The Balaban J connectivity index is 1.98. The van der Waals surface area contributed by atoms with Crippen LogP contribution in [0.25, 0.3) is 0 Å². The number of rotatable bonds is 5. The number of hydrogen-bond acceptors (Lipinski definition) is 1. The minimum Gasteiger partial charge on any atom is -0.381 e. The van der Waals surface area contributed by atoms with Crippen LogP contribution in [0.2, 0.25) is 0 Å². The first kappa shape index (κ1) is 10.5. The average Bonchev–Trinajstić information content (AvgIpc) is 2.46. The summed E-state index contributed by atoms with van der Waals surface area (Å²) in [5.41, 5.74) is 0. The van der Waals surface area contributed by atoms with Crippen LogP contribution in [0.5, 0.6) is 0 Å². The first-order valence-corrected chi connectivity index (χ1v) is 5.98. The van der Waals surface area contributed by atoms with Crippen molar-refractivity contribution in [1.29, 1.82) is 0 Å². The van der Waals surface area contributed by atoms with Gasteiger partial charge < -0.3 is 4.74 Å². The van der Waals surface area contributed by atoms with Gasteiger partial charge in [-0.3, -0.25) is 0 Å². The summed E-state index contributed by atoms with van der Waals surface area (Å²) in [6.07, 6.45) is 6.54. The van der Waals surface area contributed by atoms with Crippen LogP contribution in [-0.4, -0.2) is 18.0 Å². The topological polar surface area (TPSA) is 9.23 Å². The molecule has 1 nitrogen and oxygen atoms in total. The van der Waals surface area contributed by atoms with Crippen LogP contribution in [0.1, 0.15) is 39.0 Å². The minimum atomic E-state index is 0.766. The van der Waals surface area contributed by atoms with E-state index < -0.39 is 0 Å². The standard InChI is InChI=1S/C10H19BrO/c1-2-7-12-8-6-9-4-3-5-10(9)11/h9-10H,2-8H2,1H3. The molecule has 2 atom stereocenters. The molecule has 0 bridgehead atoms. The van der Waals surface area contributed by atoms with E-state index in [0.29, 0.717) is 0 Å². The third-order valence-electron chi connectivity index (χ3n) is 2.55. The van der Waals surface area contributed by atoms with E-state index in [2.05, 4.69) is 22.9 Å². The molecule has 1 saturated carbocycles. The van der Waals surface area contributed by atoms with Crippen LogP contribution in [0.4, 0.5) is 0 Å². The van der Waals surface area contributed by atoms with Gasteiger partial charge in [-0.1, -0.05) is 29.3 Å². The van der Waals surface area contributed by atoms with E-state index in [9.17, 15) is 0 Å². The molecule has 2 unspecified atom stereocenters. The molecule has 2 heteroatoms. The van der Waals surface area contributed by atoms with Crippen molar-refractivity contribution in [1.82, 2.24) is 0 Å². The quantitative estimate of drug-likeness (QED) is 0.524. The lowest BCUT2D eigenvalue weighted by molar-refractivity contribution is 0.122. The highest BCUT2D eigenvalue weighted by molar-refractivity contribution is 9.09. The van der Waals surface area contributed by atoms with Gasteiger partial charge in [0, 0.05) is 18.0 Å². The highest BCUT2D eigenvalue weighted by Gasteiger charge is 2.23. The maximum absolute atomic E-state index is 5.47. The molecule has 0 radical (unpaired) electrons. The molecule has 1 aliphatic rings. The molecular weight excluding hydrogens is 216 g/mol. The molecule has 0 aromatic heterocycles. The van der Waals surface area contributed by atoms with Crippen molar-refractivity contribution in [2.45, 2.75) is 43.9 Å². The lowest BCUT2D eigenvalue weighted by Crippen LogP contribution is -2.10. The van der Waals surface area contributed by atoms with Crippen LogP contribution < -0.4 is 0 Å². The largest absolute Gasteiger partial charge is 0.381 e. The highest BCUT2D eigenvalue weighted by atomic mass is 79.9. The van der Waals surface area contributed by atoms with Gasteiger partial charge in [0.15, 0.2) is 0 Å². The summed E-state index contributed by atoms with van der Waals surface area (Å²) < 4.78 is 5.47. The molecular formula is C10H19BrO. The maximum atomic E-state index is 5.47. The Bertz CT molecular complexity index is 116. The van der Waals surface area contributed by atoms with E-state index >= 15 is 0 Å². The lowest BCUT2D eigenvalue weighted by Gasteiger charge is -2.13. The fraction of sp³-hybridized carbons (Fsp3) is 1.00. The van der Waals surface area contributed by atoms with Crippen molar-refractivity contribution in [3.63, 3.8) is 0 Å². The van der Waals surface area contributed by atoms with Crippen molar-refractivity contribution in [2.24, 2.45) is 5.92 Å². The Morgan fingerprint density at radius 2 is 2.17 bits per heavy atom. The molecule has 0 aromatic rings. The molecule has 0 spiro atoms. The van der Waals surface area contributed by atoms with E-state index in [1.165, 1.54) is 25.7 Å². The third kappa shape index (κ3) is 3.44. The van der Waals surface area contributed by atoms with E-state index in [-0.39, 0.29) is 0 Å². The summed E-state index contributed by atoms with van der Waals surface area (Å²) in [5.74, 6) is 0.877. The van der Waals surface area contributed by atoms with Crippen LogP contribution in [0, 0.1) is 5.92 Å². The van der Waals surface area contributed by atoms with E-state index in [4.69, 9.17) is 4.74 Å². The summed E-state index contributed by atoms with van der Waals surface area (Å²) in [7, 11) is 0. The Labute approximate surface area is 84.0 Å². The molecule has 0 amide bonds. The highest BCUT2D eigenvalue weighted by Crippen LogP contribution is 2.33. The zero-order valence-electron chi connectivity index (χ0n) is 7.89. The first-order valence-electron chi connectivity index (χ1n) is 5.06. The monoisotopic (exact) mass is 234 g/mol. The molecule has 1 aliphatic carbocycles. The summed E-state index contributed by atoms with van der Waals surface area (Å²) in [4.78, 5) is 0.766. The molecule has 0 saturated heterocycles. The van der Waals surface area contributed by atoms with Crippen molar-refractivity contribution >= 4 is 15.9 Å². The smallest absolute Gasteiger partial charge is 0.0469 e. The third-order valence-corrected chi connectivity index (χ3v) is 3.75. The second kappa shape index (κ2) is 5.98. The second-order valence-electron chi connectivity index (χ2n) is 3.61. The van der Waals surface area contributed by atoms with E-state index in [0.717, 1.165) is 30.4 Å². The zero-order valence-corrected chi connectivity index (χ0v) is 9.48. The Hall–Kier alpha value is 0.440. The van der Waals surface area contributed by atoms with Crippen LogP contribution in [0.15, 0.2) is 0 Å². The van der Waals surface area contributed by atoms with Crippen LogP contribution in [0.3, 0.4) is 0 Å². The fourth-order valence-corrected chi connectivity index (χ4v) is 2.65. The van der Waals surface area contributed by atoms with Gasteiger partial charge in [-0.25, -0.2) is 0 Å². The summed E-state index contributed by atoms with van der Waals surface area (Å²) in [6, 6.07) is 0. The van der Waals surface area contributed by atoms with Gasteiger partial charge in [0.1, 0.15) is 0 Å². The van der Waals surface area contributed by atoms with Crippen molar-refractivity contribution in [3.05, 3.63) is 0 Å². The maximum Gasteiger partial charge on any atom is 0.0469 e. The molecule has 0 N–H and O–H groups in total. The number of alkyl halides is 1. The molecule has 72 valence electrons. The molecule has 12 heavy (non-hydrogen) atoms. The number of ether oxygens (including phenoxy) is 1. The predicted molar refractivity (Wildman–Crippen MR) is 55.8 cm³/mol. The SMILES string of the molecule is CCCOCCC1CCCC1Br. The summed E-state index contributed by atoms with van der Waals surface area (Å²) >= 11 is 3.72. The van der Waals surface area contributed by atoms with Gasteiger partial charge in [-0.05, 0) is 31.6 Å². The Morgan fingerprint density at radius 1 is 1.33 bits per heavy atom. The molecule has 1 fully saturated rings. The Kier molecular flexibility index (Phi) is 5.24. The molecule has 0 heterocycles. The van der Waals surface area contributed by atoms with Gasteiger partial charge in [-0.2, -0.15) is 0 Å². The minimum absolute atomic E-state index is 0.766. The van der Waals surface area contributed by atoms with Crippen LogP contribution >= 0.6 is 15.9 Å². The van der Waals surface area contributed by atoms with Gasteiger partial charge in [0.2, 0.25) is 0 Å². The second-order valence-corrected chi connectivity index (χ2v) is 4.78. The summed E-state index contributed by atoms with van der Waals surface area (Å²) in [6.45, 7) is 4.04. The van der Waals surface area contributed by atoms with Crippen molar-refractivity contribution in [2.75, 3.05) is 13.2 Å². The summed E-state index contributed by atoms with van der Waals surface area (Å²) in [5, 5.41) is 0. The van der Waals surface area contributed by atoms with Crippen molar-refractivity contribution < 1.29 is 4.74 Å². The predicted octanol–water partition coefficient (Wildman–Crippen LogP) is 3.37. The average molecular weight is 235 g/mol. The van der Waals surface area contributed by atoms with Gasteiger partial charge >= 0.3 is 0 Å². The number of halogens is 1. The molecule has 0 aliphatic heterocycles. The fourth-order valence-electron chi connectivity index (χ4n) is 1.80. The normalized spacial score (nSPS) is 29.5. The van der Waals surface area contributed by atoms with Gasteiger partial charge in [0.05, 0.1) is 0 Å².